The highest BCUT2D eigenvalue weighted by molar-refractivity contribution is 7.16. The van der Waals surface area contributed by atoms with Crippen molar-refractivity contribution in [3.63, 3.8) is 0 Å². The summed E-state index contributed by atoms with van der Waals surface area (Å²) < 4.78 is 39.2. The first-order chi connectivity index (χ1) is 18.6. The van der Waals surface area contributed by atoms with E-state index in [2.05, 4.69) is 23.7 Å². The number of halogens is 3. The molecule has 1 atom stereocenters. The van der Waals surface area contributed by atoms with E-state index in [-0.39, 0.29) is 10.4 Å². The van der Waals surface area contributed by atoms with Crippen molar-refractivity contribution >= 4 is 39.9 Å². The number of carbonyl (C=O) groups excluding carboxylic acids is 1. The number of carbonyl (C=O) groups is 1. The highest BCUT2D eigenvalue weighted by Crippen LogP contribution is 2.43. The van der Waals surface area contributed by atoms with Gasteiger partial charge in [-0.3, -0.25) is 9.36 Å². The zero-order chi connectivity index (χ0) is 27.9. The molecule has 1 aliphatic heterocycles. The lowest BCUT2D eigenvalue weighted by Crippen LogP contribution is -2.42. The number of amides is 1. The molecule has 0 aliphatic carbocycles. The fourth-order valence-electron chi connectivity index (χ4n) is 5.20. The van der Waals surface area contributed by atoms with Crippen LogP contribution in [0.3, 0.4) is 0 Å². The highest BCUT2D eigenvalue weighted by atomic mass is 35.5. The second-order valence-corrected chi connectivity index (χ2v) is 11.7. The molecule has 2 aromatic carbocycles. The SMILES string of the molecule is CC(C)N1CCC(C(F)(F)c2ccc3ncn(-c4cc(O[C@H](C)c5ccccc5Cl)c(C(N)=O)s4)c3c2)CC1. The van der Waals surface area contributed by atoms with Crippen LogP contribution < -0.4 is 10.5 Å². The van der Waals surface area contributed by atoms with Crippen LogP contribution in [-0.2, 0) is 5.92 Å². The van der Waals surface area contributed by atoms with Gasteiger partial charge in [0, 0.05) is 34.2 Å². The van der Waals surface area contributed by atoms with Crippen LogP contribution >= 0.6 is 22.9 Å². The van der Waals surface area contributed by atoms with Gasteiger partial charge in [-0.2, -0.15) is 0 Å². The van der Waals surface area contributed by atoms with Gasteiger partial charge < -0.3 is 15.4 Å². The minimum Gasteiger partial charge on any atom is -0.484 e. The number of piperidine rings is 1. The van der Waals surface area contributed by atoms with Crippen molar-refractivity contribution in [1.29, 1.82) is 0 Å². The van der Waals surface area contributed by atoms with E-state index >= 15 is 8.78 Å². The maximum absolute atomic E-state index is 15.7. The fraction of sp³-hybridized carbons (Fsp3) is 0.379. The Balaban J connectivity index is 1.46. The molecule has 3 heterocycles. The summed E-state index contributed by atoms with van der Waals surface area (Å²) in [6.45, 7) is 7.35. The fourth-order valence-corrected chi connectivity index (χ4v) is 6.42. The van der Waals surface area contributed by atoms with Gasteiger partial charge in [-0.1, -0.05) is 35.9 Å². The first kappa shape index (κ1) is 27.6. The van der Waals surface area contributed by atoms with E-state index in [0.29, 0.717) is 58.8 Å². The van der Waals surface area contributed by atoms with Crippen molar-refractivity contribution in [2.45, 2.75) is 51.7 Å². The van der Waals surface area contributed by atoms with Crippen molar-refractivity contribution in [2.24, 2.45) is 11.7 Å². The van der Waals surface area contributed by atoms with E-state index in [1.54, 1.807) is 29.1 Å². The van der Waals surface area contributed by atoms with Crippen LogP contribution in [0.15, 0.2) is 54.9 Å². The van der Waals surface area contributed by atoms with Crippen LogP contribution in [0.2, 0.25) is 5.02 Å². The average molecular weight is 573 g/mol. The van der Waals surface area contributed by atoms with Crippen molar-refractivity contribution in [1.82, 2.24) is 14.5 Å². The summed E-state index contributed by atoms with van der Waals surface area (Å²) in [5, 5.41) is 1.13. The van der Waals surface area contributed by atoms with Crippen molar-refractivity contribution < 1.29 is 18.3 Å². The van der Waals surface area contributed by atoms with Gasteiger partial charge in [0.2, 0.25) is 0 Å². The lowest BCUT2D eigenvalue weighted by atomic mass is 9.86. The van der Waals surface area contributed by atoms with Crippen molar-refractivity contribution in [3.8, 4) is 10.8 Å². The lowest BCUT2D eigenvalue weighted by Gasteiger charge is -2.37. The largest absolute Gasteiger partial charge is 0.484 e. The summed E-state index contributed by atoms with van der Waals surface area (Å²) in [6, 6.07) is 13.9. The molecule has 206 valence electrons. The van der Waals surface area contributed by atoms with Gasteiger partial charge >= 0.3 is 0 Å². The zero-order valence-electron chi connectivity index (χ0n) is 22.0. The number of fused-ring (bicyclic) bond motifs is 1. The quantitative estimate of drug-likeness (QED) is 0.242. The summed E-state index contributed by atoms with van der Waals surface area (Å²) in [7, 11) is 0. The number of hydrogen-bond acceptors (Lipinski definition) is 5. The van der Waals surface area contributed by atoms with Crippen LogP contribution in [-0.4, -0.2) is 39.5 Å². The molecule has 0 bridgehead atoms. The molecule has 1 fully saturated rings. The van der Waals surface area contributed by atoms with Gasteiger partial charge in [-0.25, -0.2) is 13.8 Å². The molecule has 2 N–H and O–H groups in total. The van der Waals surface area contributed by atoms with Crippen LogP contribution in [0.4, 0.5) is 8.78 Å². The third kappa shape index (κ3) is 5.40. The molecule has 6 nitrogen and oxygen atoms in total. The van der Waals surface area contributed by atoms with E-state index in [4.69, 9.17) is 22.1 Å². The Labute approximate surface area is 235 Å². The van der Waals surface area contributed by atoms with Crippen molar-refractivity contribution in [2.75, 3.05) is 13.1 Å². The molecule has 0 unspecified atom stereocenters. The Kier molecular flexibility index (Phi) is 7.68. The third-order valence-electron chi connectivity index (χ3n) is 7.50. The third-order valence-corrected chi connectivity index (χ3v) is 8.97. The number of thiophene rings is 1. The van der Waals surface area contributed by atoms with E-state index in [9.17, 15) is 4.79 Å². The van der Waals surface area contributed by atoms with E-state index in [1.807, 2.05) is 25.1 Å². The molecule has 1 aliphatic rings. The number of ether oxygens (including phenoxy) is 1. The summed E-state index contributed by atoms with van der Waals surface area (Å²) in [5.41, 5.74) is 7.50. The number of benzene rings is 2. The summed E-state index contributed by atoms with van der Waals surface area (Å²) in [5.74, 6) is -4.04. The Morgan fingerprint density at radius 3 is 2.54 bits per heavy atom. The number of likely N-dealkylation sites (tertiary alicyclic amines) is 1. The highest BCUT2D eigenvalue weighted by Gasteiger charge is 2.43. The standard InChI is InChI=1S/C29H31ClF2N4O2S/c1-17(2)35-12-10-19(11-13-35)29(31,32)20-8-9-23-24(14-20)36(16-34-23)26-15-25(27(39-26)28(33)37)38-18(3)21-6-4-5-7-22(21)30/h4-9,14-19H,10-13H2,1-3H3,(H2,33,37)/t18-/m1/s1. The molecule has 4 aromatic rings. The summed E-state index contributed by atoms with van der Waals surface area (Å²) in [4.78, 5) is 19.2. The number of primary amides is 1. The second-order valence-electron chi connectivity index (χ2n) is 10.3. The van der Waals surface area contributed by atoms with Gasteiger partial charge in [0.15, 0.2) is 0 Å². The van der Waals surface area contributed by atoms with Crippen LogP contribution in [0.1, 0.15) is 60.5 Å². The number of nitrogens with two attached hydrogens (primary N) is 1. The number of hydrogen-bond donors (Lipinski definition) is 1. The van der Waals surface area contributed by atoms with Crippen LogP contribution in [0, 0.1) is 5.92 Å². The molecule has 39 heavy (non-hydrogen) atoms. The Hall–Kier alpha value is -3.01. The van der Waals surface area contributed by atoms with Gasteiger partial charge in [-0.15, -0.1) is 11.3 Å². The Bertz CT molecular complexity index is 1490. The van der Waals surface area contributed by atoms with Gasteiger partial charge in [0.05, 0.1) is 11.0 Å². The van der Waals surface area contributed by atoms with Crippen molar-refractivity contribution in [3.05, 3.63) is 75.9 Å². The molecular weight excluding hydrogens is 542 g/mol. The zero-order valence-corrected chi connectivity index (χ0v) is 23.6. The predicted molar refractivity (Wildman–Crippen MR) is 151 cm³/mol. The molecule has 2 aromatic heterocycles. The maximum atomic E-state index is 15.7. The Morgan fingerprint density at radius 1 is 1.15 bits per heavy atom. The Morgan fingerprint density at radius 2 is 1.87 bits per heavy atom. The number of alkyl halides is 2. The number of rotatable bonds is 8. The number of nitrogens with zero attached hydrogens (tertiary/aromatic N) is 3. The summed E-state index contributed by atoms with van der Waals surface area (Å²) >= 11 is 7.45. The molecular formula is C29H31ClF2N4O2S. The normalized spacial score (nSPS) is 16.2. The molecule has 0 radical (unpaired) electrons. The topological polar surface area (TPSA) is 73.4 Å². The molecule has 0 spiro atoms. The van der Waals surface area contributed by atoms with E-state index < -0.39 is 23.9 Å². The molecule has 1 saturated heterocycles. The minimum absolute atomic E-state index is 0.0322. The molecule has 10 heteroatoms. The van der Waals surface area contributed by atoms with Gasteiger partial charge in [0.1, 0.15) is 28.1 Å². The van der Waals surface area contributed by atoms with E-state index in [0.717, 1.165) is 16.9 Å². The smallest absolute Gasteiger partial charge is 0.276 e. The van der Waals surface area contributed by atoms with Gasteiger partial charge in [-0.05, 0) is 64.9 Å². The maximum Gasteiger partial charge on any atom is 0.276 e. The first-order valence-electron chi connectivity index (χ1n) is 13.0. The number of aromatic nitrogens is 2. The lowest BCUT2D eigenvalue weighted by molar-refractivity contribution is -0.0874. The summed E-state index contributed by atoms with van der Waals surface area (Å²) in [6.07, 6.45) is 2.00. The number of imidazole rings is 1. The van der Waals surface area contributed by atoms with E-state index in [1.165, 1.54) is 12.1 Å². The van der Waals surface area contributed by atoms with Gasteiger partial charge in [0.25, 0.3) is 11.8 Å². The predicted octanol–water partition coefficient (Wildman–Crippen LogP) is 7.19. The second kappa shape index (κ2) is 10.9. The molecule has 1 amide bonds. The first-order valence-corrected chi connectivity index (χ1v) is 14.2. The monoisotopic (exact) mass is 572 g/mol. The minimum atomic E-state index is -2.97. The molecule has 5 rings (SSSR count). The van der Waals surface area contributed by atoms with Crippen LogP contribution in [0.5, 0.6) is 5.75 Å². The average Bonchev–Trinajstić information content (AvgIpc) is 3.52. The molecule has 0 saturated carbocycles. The van der Waals surface area contributed by atoms with Crippen LogP contribution in [0.25, 0.3) is 16.0 Å².